The molecular weight excluding hydrogens is 524 g/mol. The first-order chi connectivity index (χ1) is 18.5. The SMILES string of the molecule is CCCCCCOc1ccc(C2C(C(=O)OC)=C(C)Nc3nc(SCc4ccccc4Cl)nn32)cc1OC. The van der Waals surface area contributed by atoms with Crippen LogP contribution in [-0.2, 0) is 15.3 Å². The van der Waals surface area contributed by atoms with Gasteiger partial charge in [0.1, 0.15) is 6.04 Å². The standard InChI is InChI=1S/C28H33ClN4O4S/c1-5-6-7-10-15-37-22-14-13-19(16-23(22)35-3)25-24(26(34)36-4)18(2)30-27-31-28(32-33(25)27)38-17-20-11-8-9-12-21(20)29/h8-9,11-14,16,25H,5-7,10,15,17H2,1-4H3,(H,30,31,32). The van der Waals surface area contributed by atoms with Gasteiger partial charge in [-0.2, -0.15) is 4.98 Å². The van der Waals surface area contributed by atoms with E-state index in [2.05, 4.69) is 17.2 Å². The van der Waals surface area contributed by atoms with Gasteiger partial charge in [0.2, 0.25) is 11.1 Å². The molecule has 0 bridgehead atoms. The Hall–Kier alpha value is -3.17. The number of ether oxygens (including phenoxy) is 3. The number of unbranched alkanes of at least 4 members (excludes halogenated alkanes) is 3. The fraction of sp³-hybridized carbons (Fsp3) is 0.393. The highest BCUT2D eigenvalue weighted by molar-refractivity contribution is 7.98. The molecule has 0 aliphatic carbocycles. The second-order valence-electron chi connectivity index (χ2n) is 8.92. The molecular formula is C28H33ClN4O4S. The van der Waals surface area contributed by atoms with E-state index < -0.39 is 12.0 Å². The Kier molecular flexibility index (Phi) is 9.58. The molecule has 1 aliphatic heterocycles. The molecule has 1 atom stereocenters. The number of fused-ring (bicyclic) bond motifs is 1. The van der Waals surface area contributed by atoms with E-state index in [1.165, 1.54) is 31.7 Å². The summed E-state index contributed by atoms with van der Waals surface area (Å²) in [4.78, 5) is 17.6. The van der Waals surface area contributed by atoms with Crippen LogP contribution < -0.4 is 14.8 Å². The molecule has 1 aliphatic rings. The molecule has 0 saturated heterocycles. The van der Waals surface area contributed by atoms with Crippen molar-refractivity contribution in [3.8, 4) is 11.5 Å². The van der Waals surface area contributed by atoms with Crippen molar-refractivity contribution >= 4 is 35.3 Å². The second-order valence-corrected chi connectivity index (χ2v) is 10.3. The zero-order chi connectivity index (χ0) is 27.1. The molecule has 0 saturated carbocycles. The Morgan fingerprint density at radius 2 is 1.95 bits per heavy atom. The van der Waals surface area contributed by atoms with Gasteiger partial charge in [0.25, 0.3) is 0 Å². The molecule has 1 unspecified atom stereocenters. The highest BCUT2D eigenvalue weighted by atomic mass is 35.5. The van der Waals surface area contributed by atoms with Crippen LogP contribution in [0.25, 0.3) is 0 Å². The number of hydrogen-bond donors (Lipinski definition) is 1. The molecule has 0 fully saturated rings. The summed E-state index contributed by atoms with van der Waals surface area (Å²) >= 11 is 7.80. The van der Waals surface area contributed by atoms with E-state index in [9.17, 15) is 4.79 Å². The van der Waals surface area contributed by atoms with Gasteiger partial charge < -0.3 is 19.5 Å². The number of carbonyl (C=O) groups is 1. The van der Waals surface area contributed by atoms with Crippen molar-refractivity contribution in [3.63, 3.8) is 0 Å². The first-order valence-corrected chi connectivity index (χ1v) is 14.0. The number of halogens is 1. The largest absolute Gasteiger partial charge is 0.493 e. The molecule has 202 valence electrons. The maximum Gasteiger partial charge on any atom is 0.338 e. The van der Waals surface area contributed by atoms with Crippen LogP contribution in [-0.4, -0.2) is 41.6 Å². The topological polar surface area (TPSA) is 87.5 Å². The van der Waals surface area contributed by atoms with Gasteiger partial charge >= 0.3 is 5.97 Å². The minimum atomic E-state index is -0.562. The summed E-state index contributed by atoms with van der Waals surface area (Å²) in [5.41, 5.74) is 2.90. The quantitative estimate of drug-likeness (QED) is 0.151. The summed E-state index contributed by atoms with van der Waals surface area (Å²) in [6, 6.07) is 12.8. The maximum absolute atomic E-state index is 12.9. The number of benzene rings is 2. The summed E-state index contributed by atoms with van der Waals surface area (Å²) in [7, 11) is 2.98. The van der Waals surface area contributed by atoms with Crippen LogP contribution in [0.5, 0.6) is 11.5 Å². The van der Waals surface area contributed by atoms with Crippen molar-refractivity contribution in [3.05, 3.63) is 69.9 Å². The van der Waals surface area contributed by atoms with Gasteiger partial charge in [-0.05, 0) is 42.7 Å². The normalized spacial score (nSPS) is 14.6. The van der Waals surface area contributed by atoms with Crippen LogP contribution in [0.2, 0.25) is 5.02 Å². The molecule has 0 amide bonds. The number of methoxy groups -OCH3 is 2. The number of esters is 1. The summed E-state index contributed by atoms with van der Waals surface area (Å²) in [5, 5.41) is 9.24. The van der Waals surface area contributed by atoms with Gasteiger partial charge in [0.15, 0.2) is 11.5 Å². The second kappa shape index (κ2) is 13.1. The lowest BCUT2D eigenvalue weighted by atomic mass is 9.95. The summed E-state index contributed by atoms with van der Waals surface area (Å²) in [6.07, 6.45) is 4.48. The molecule has 2 aromatic carbocycles. The van der Waals surface area contributed by atoms with Gasteiger partial charge in [0.05, 0.1) is 26.4 Å². The number of aromatic nitrogens is 3. The van der Waals surface area contributed by atoms with E-state index in [-0.39, 0.29) is 0 Å². The number of thioether (sulfide) groups is 1. The van der Waals surface area contributed by atoms with Crippen molar-refractivity contribution in [2.45, 2.75) is 56.5 Å². The third kappa shape index (κ3) is 6.27. The molecule has 4 rings (SSSR count). The van der Waals surface area contributed by atoms with Gasteiger partial charge in [-0.1, -0.05) is 73.8 Å². The van der Waals surface area contributed by atoms with Crippen molar-refractivity contribution < 1.29 is 19.0 Å². The van der Waals surface area contributed by atoms with Crippen molar-refractivity contribution in [1.82, 2.24) is 14.8 Å². The summed E-state index contributed by atoms with van der Waals surface area (Å²) in [6.45, 7) is 4.64. The zero-order valence-corrected chi connectivity index (χ0v) is 23.7. The molecule has 2 heterocycles. The molecule has 10 heteroatoms. The highest BCUT2D eigenvalue weighted by Gasteiger charge is 2.35. The zero-order valence-electron chi connectivity index (χ0n) is 22.1. The molecule has 1 aromatic heterocycles. The number of carbonyl (C=O) groups excluding carboxylic acids is 1. The van der Waals surface area contributed by atoms with E-state index in [0.29, 0.717) is 51.3 Å². The van der Waals surface area contributed by atoms with Crippen molar-refractivity contribution in [2.24, 2.45) is 0 Å². The van der Waals surface area contributed by atoms with Crippen LogP contribution in [0, 0.1) is 0 Å². The number of rotatable bonds is 12. The Labute approximate surface area is 232 Å². The molecule has 0 radical (unpaired) electrons. The first-order valence-electron chi connectivity index (χ1n) is 12.7. The Morgan fingerprint density at radius 3 is 2.68 bits per heavy atom. The first kappa shape index (κ1) is 27.9. The van der Waals surface area contributed by atoms with Crippen LogP contribution in [0.1, 0.15) is 56.7 Å². The fourth-order valence-corrected chi connectivity index (χ4v) is 5.43. The Balaban J connectivity index is 1.64. The van der Waals surface area contributed by atoms with Gasteiger partial charge in [0, 0.05) is 16.5 Å². The number of anilines is 1. The van der Waals surface area contributed by atoms with E-state index in [0.717, 1.165) is 24.0 Å². The lowest BCUT2D eigenvalue weighted by molar-refractivity contribution is -0.136. The van der Waals surface area contributed by atoms with Crippen LogP contribution >= 0.6 is 23.4 Å². The van der Waals surface area contributed by atoms with E-state index in [1.807, 2.05) is 49.4 Å². The number of hydrogen-bond acceptors (Lipinski definition) is 8. The third-order valence-electron chi connectivity index (χ3n) is 6.31. The minimum Gasteiger partial charge on any atom is -0.493 e. The van der Waals surface area contributed by atoms with Crippen LogP contribution in [0.15, 0.2) is 58.9 Å². The Bertz CT molecular complexity index is 1310. The predicted molar refractivity (Wildman–Crippen MR) is 150 cm³/mol. The van der Waals surface area contributed by atoms with E-state index >= 15 is 0 Å². The average molecular weight is 557 g/mol. The number of nitrogens with one attached hydrogen (secondary N) is 1. The maximum atomic E-state index is 12.9. The smallest absolute Gasteiger partial charge is 0.338 e. The van der Waals surface area contributed by atoms with Gasteiger partial charge in [-0.15, -0.1) is 5.10 Å². The highest BCUT2D eigenvalue weighted by Crippen LogP contribution is 2.40. The average Bonchev–Trinajstić information content (AvgIpc) is 3.33. The summed E-state index contributed by atoms with van der Waals surface area (Å²) < 4.78 is 18.5. The molecule has 0 spiro atoms. The van der Waals surface area contributed by atoms with Crippen LogP contribution in [0.4, 0.5) is 5.95 Å². The van der Waals surface area contributed by atoms with Gasteiger partial charge in [-0.25, -0.2) is 9.48 Å². The third-order valence-corrected chi connectivity index (χ3v) is 7.57. The molecule has 3 aromatic rings. The van der Waals surface area contributed by atoms with Crippen molar-refractivity contribution in [1.29, 1.82) is 0 Å². The molecule has 1 N–H and O–H groups in total. The Morgan fingerprint density at radius 1 is 1.13 bits per heavy atom. The lowest BCUT2D eigenvalue weighted by Gasteiger charge is -2.28. The monoisotopic (exact) mass is 556 g/mol. The number of allylic oxidation sites excluding steroid dienone is 1. The fourth-order valence-electron chi connectivity index (χ4n) is 4.32. The van der Waals surface area contributed by atoms with Crippen LogP contribution in [0.3, 0.4) is 0 Å². The van der Waals surface area contributed by atoms with Crippen molar-refractivity contribution in [2.75, 3.05) is 26.1 Å². The molecule has 8 nitrogen and oxygen atoms in total. The predicted octanol–water partition coefficient (Wildman–Crippen LogP) is 6.65. The van der Waals surface area contributed by atoms with E-state index in [1.54, 1.807) is 11.8 Å². The minimum absolute atomic E-state index is 0.443. The van der Waals surface area contributed by atoms with E-state index in [4.69, 9.17) is 30.9 Å². The number of nitrogens with zero attached hydrogens (tertiary/aromatic N) is 3. The van der Waals surface area contributed by atoms with Gasteiger partial charge in [-0.3, -0.25) is 0 Å². The summed E-state index contributed by atoms with van der Waals surface area (Å²) in [5.74, 6) is 1.96. The lowest BCUT2D eigenvalue weighted by Crippen LogP contribution is -2.29. The molecule has 38 heavy (non-hydrogen) atoms.